The summed E-state index contributed by atoms with van der Waals surface area (Å²) in [7, 11) is 0. The van der Waals surface area contributed by atoms with Crippen molar-refractivity contribution in [1.82, 2.24) is 9.80 Å². The van der Waals surface area contributed by atoms with Crippen LogP contribution in [0.25, 0.3) is 0 Å². The highest BCUT2D eigenvalue weighted by Crippen LogP contribution is 2.21. The van der Waals surface area contributed by atoms with Crippen molar-refractivity contribution in [1.29, 1.82) is 0 Å². The maximum absolute atomic E-state index is 12.7. The largest absolute Gasteiger partial charge is 0.481 e. The minimum Gasteiger partial charge on any atom is -0.481 e. The lowest BCUT2D eigenvalue weighted by Crippen LogP contribution is -2.51. The second-order valence-corrected chi connectivity index (χ2v) is 7.12. The van der Waals surface area contributed by atoms with E-state index < -0.39 is 6.10 Å². The van der Waals surface area contributed by atoms with E-state index in [2.05, 4.69) is 42.2 Å². The van der Waals surface area contributed by atoms with Gasteiger partial charge in [-0.3, -0.25) is 9.69 Å². The lowest BCUT2D eigenvalue weighted by Gasteiger charge is -2.36. The Labute approximate surface area is 156 Å². The van der Waals surface area contributed by atoms with E-state index >= 15 is 0 Å². The van der Waals surface area contributed by atoms with Crippen molar-refractivity contribution in [2.75, 3.05) is 26.2 Å². The Morgan fingerprint density at radius 3 is 2.38 bits per heavy atom. The highest BCUT2D eigenvalue weighted by molar-refractivity contribution is 5.81. The molecular weight excluding hydrogens is 324 g/mol. The molecule has 138 valence electrons. The number of hydrogen-bond donors (Lipinski definition) is 0. The summed E-state index contributed by atoms with van der Waals surface area (Å²) in [6.07, 6.45) is -0.461. The summed E-state index contributed by atoms with van der Waals surface area (Å²) in [5.74, 6) is 0.864. The zero-order valence-electron chi connectivity index (χ0n) is 15.9. The normalized spacial score (nSPS) is 16.3. The van der Waals surface area contributed by atoms with E-state index in [-0.39, 0.29) is 5.91 Å². The number of benzene rings is 2. The molecule has 1 amide bonds. The van der Waals surface area contributed by atoms with Gasteiger partial charge in [0.25, 0.3) is 5.91 Å². The van der Waals surface area contributed by atoms with E-state index in [0.29, 0.717) is 0 Å². The van der Waals surface area contributed by atoms with Crippen LogP contribution < -0.4 is 4.74 Å². The van der Waals surface area contributed by atoms with Gasteiger partial charge in [-0.15, -0.1) is 0 Å². The summed E-state index contributed by atoms with van der Waals surface area (Å²) in [4.78, 5) is 17.1. The first-order valence-electron chi connectivity index (χ1n) is 9.32. The van der Waals surface area contributed by atoms with E-state index in [1.165, 1.54) is 11.1 Å². The van der Waals surface area contributed by atoms with Gasteiger partial charge in [-0.25, -0.2) is 0 Å². The van der Waals surface area contributed by atoms with Crippen molar-refractivity contribution in [2.45, 2.75) is 33.4 Å². The summed E-state index contributed by atoms with van der Waals surface area (Å²) < 4.78 is 5.93. The first-order chi connectivity index (χ1) is 12.5. The Balaban J connectivity index is 1.51. The smallest absolute Gasteiger partial charge is 0.263 e. The predicted octanol–water partition coefficient (Wildman–Crippen LogP) is 3.42. The molecule has 0 aliphatic carbocycles. The standard InChI is InChI=1S/C22H28N2O2/c1-17-9-10-21(18(2)15-17)26-19(3)22(25)24-13-11-23(12-14-24)16-20-7-5-4-6-8-20/h4-10,15,19H,11-14,16H2,1-3H3/t19-/m1/s1. The molecule has 0 unspecified atom stereocenters. The molecule has 2 aromatic rings. The Morgan fingerprint density at radius 2 is 1.73 bits per heavy atom. The van der Waals surface area contributed by atoms with Gasteiger partial charge in [-0.1, -0.05) is 48.0 Å². The molecular formula is C22H28N2O2. The molecule has 0 bridgehead atoms. The van der Waals surface area contributed by atoms with Gasteiger partial charge in [0.2, 0.25) is 0 Å². The summed E-state index contributed by atoms with van der Waals surface area (Å²) in [6, 6.07) is 16.5. The number of piperazine rings is 1. The maximum atomic E-state index is 12.7. The predicted molar refractivity (Wildman–Crippen MR) is 104 cm³/mol. The van der Waals surface area contributed by atoms with Gasteiger partial charge in [-0.2, -0.15) is 0 Å². The Kier molecular flexibility index (Phi) is 5.94. The highest BCUT2D eigenvalue weighted by atomic mass is 16.5. The van der Waals surface area contributed by atoms with Crippen molar-refractivity contribution in [3.63, 3.8) is 0 Å². The molecule has 4 heteroatoms. The zero-order valence-corrected chi connectivity index (χ0v) is 15.9. The fourth-order valence-electron chi connectivity index (χ4n) is 3.40. The van der Waals surface area contributed by atoms with Crippen molar-refractivity contribution >= 4 is 5.91 Å². The average molecular weight is 352 g/mol. The maximum Gasteiger partial charge on any atom is 0.263 e. The van der Waals surface area contributed by atoms with Crippen LogP contribution in [-0.4, -0.2) is 48.0 Å². The molecule has 4 nitrogen and oxygen atoms in total. The minimum atomic E-state index is -0.461. The third-order valence-corrected chi connectivity index (χ3v) is 4.91. The van der Waals surface area contributed by atoms with E-state index in [9.17, 15) is 4.79 Å². The van der Waals surface area contributed by atoms with Gasteiger partial charge >= 0.3 is 0 Å². The van der Waals surface area contributed by atoms with Crippen LogP contribution in [0.4, 0.5) is 0 Å². The van der Waals surface area contributed by atoms with Crippen molar-refractivity contribution in [2.24, 2.45) is 0 Å². The Bertz CT molecular complexity index is 737. The molecule has 1 aliphatic rings. The first-order valence-corrected chi connectivity index (χ1v) is 9.32. The average Bonchev–Trinajstić information content (AvgIpc) is 2.65. The van der Waals surface area contributed by atoms with Crippen LogP contribution in [0.15, 0.2) is 48.5 Å². The summed E-state index contributed by atoms with van der Waals surface area (Å²) >= 11 is 0. The summed E-state index contributed by atoms with van der Waals surface area (Å²) in [5.41, 5.74) is 3.58. The van der Waals surface area contributed by atoms with Crippen molar-refractivity contribution in [3.8, 4) is 5.75 Å². The van der Waals surface area contributed by atoms with E-state index in [4.69, 9.17) is 4.74 Å². The molecule has 1 fully saturated rings. The van der Waals surface area contributed by atoms with E-state index in [1.54, 1.807) is 0 Å². The lowest BCUT2D eigenvalue weighted by atomic mass is 10.1. The number of amides is 1. The Morgan fingerprint density at radius 1 is 1.04 bits per heavy atom. The van der Waals surface area contributed by atoms with Crippen LogP contribution in [0.3, 0.4) is 0 Å². The molecule has 0 spiro atoms. The summed E-state index contributed by atoms with van der Waals surface area (Å²) in [6.45, 7) is 10.2. The van der Waals surface area contributed by atoms with Crippen molar-refractivity contribution < 1.29 is 9.53 Å². The number of aryl methyl sites for hydroxylation is 2. The topological polar surface area (TPSA) is 32.8 Å². The molecule has 1 atom stereocenters. The molecule has 0 N–H and O–H groups in total. The SMILES string of the molecule is Cc1ccc(O[C@H](C)C(=O)N2CCN(Cc3ccccc3)CC2)c(C)c1. The molecule has 0 saturated carbocycles. The van der Waals surface area contributed by atoms with Gasteiger partial charge in [0.15, 0.2) is 6.10 Å². The number of rotatable bonds is 5. The molecule has 3 rings (SSSR count). The zero-order chi connectivity index (χ0) is 18.5. The minimum absolute atomic E-state index is 0.0735. The molecule has 1 heterocycles. The fraction of sp³-hybridized carbons (Fsp3) is 0.409. The molecule has 0 aromatic heterocycles. The van der Waals surface area contributed by atoms with Gasteiger partial charge in [0, 0.05) is 32.7 Å². The number of ether oxygens (including phenoxy) is 1. The summed E-state index contributed by atoms with van der Waals surface area (Å²) in [5, 5.41) is 0. The molecule has 1 aliphatic heterocycles. The second-order valence-electron chi connectivity index (χ2n) is 7.12. The van der Waals surface area contributed by atoms with Crippen LogP contribution in [0.5, 0.6) is 5.75 Å². The Hall–Kier alpha value is -2.33. The third-order valence-electron chi connectivity index (χ3n) is 4.91. The van der Waals surface area contributed by atoms with Gasteiger partial charge in [0.1, 0.15) is 5.75 Å². The first kappa shape index (κ1) is 18.5. The molecule has 26 heavy (non-hydrogen) atoms. The van der Waals surface area contributed by atoms with Crippen LogP contribution >= 0.6 is 0 Å². The molecule has 2 aromatic carbocycles. The molecule has 1 saturated heterocycles. The number of carbonyl (C=O) groups excluding carboxylic acids is 1. The van der Waals surface area contributed by atoms with Crippen molar-refractivity contribution in [3.05, 3.63) is 65.2 Å². The van der Waals surface area contributed by atoms with E-state index in [1.807, 2.05) is 36.9 Å². The number of hydrogen-bond acceptors (Lipinski definition) is 3. The fourth-order valence-corrected chi connectivity index (χ4v) is 3.40. The van der Waals surface area contributed by atoms with Crippen LogP contribution in [0, 0.1) is 13.8 Å². The van der Waals surface area contributed by atoms with Crippen LogP contribution in [-0.2, 0) is 11.3 Å². The van der Waals surface area contributed by atoms with Gasteiger partial charge in [-0.05, 0) is 38.0 Å². The quantitative estimate of drug-likeness (QED) is 0.827. The lowest BCUT2D eigenvalue weighted by molar-refractivity contribution is -0.139. The molecule has 0 radical (unpaired) electrons. The van der Waals surface area contributed by atoms with Gasteiger partial charge < -0.3 is 9.64 Å². The monoisotopic (exact) mass is 352 g/mol. The number of carbonyl (C=O) groups is 1. The van der Waals surface area contributed by atoms with Crippen LogP contribution in [0.1, 0.15) is 23.6 Å². The van der Waals surface area contributed by atoms with Crippen LogP contribution in [0.2, 0.25) is 0 Å². The second kappa shape index (κ2) is 8.37. The third kappa shape index (κ3) is 4.64. The van der Waals surface area contributed by atoms with Gasteiger partial charge in [0.05, 0.1) is 0 Å². The highest BCUT2D eigenvalue weighted by Gasteiger charge is 2.26. The van der Waals surface area contributed by atoms with E-state index in [0.717, 1.165) is 44.0 Å². The number of nitrogens with zero attached hydrogens (tertiary/aromatic N) is 2.